The van der Waals surface area contributed by atoms with E-state index in [1.54, 1.807) is 12.1 Å². The molecule has 0 saturated carbocycles. The van der Waals surface area contributed by atoms with Crippen molar-refractivity contribution in [2.45, 2.75) is 0 Å². The van der Waals surface area contributed by atoms with E-state index in [-0.39, 0.29) is 5.75 Å². The summed E-state index contributed by atoms with van der Waals surface area (Å²) >= 11 is 0. The molecule has 1 aliphatic heterocycles. The Morgan fingerprint density at radius 1 is 1.04 bits per heavy atom. The fourth-order valence-corrected chi connectivity index (χ4v) is 3.57. The highest BCUT2D eigenvalue weighted by Gasteiger charge is 2.18. The van der Waals surface area contributed by atoms with Crippen molar-refractivity contribution in [2.24, 2.45) is 0 Å². The fraction of sp³-hybridized carbons (Fsp3) is 0.200. The van der Waals surface area contributed by atoms with Gasteiger partial charge in [-0.3, -0.25) is 5.10 Å². The lowest BCUT2D eigenvalue weighted by atomic mass is 10.0. The van der Waals surface area contributed by atoms with Gasteiger partial charge in [0.05, 0.1) is 36.1 Å². The Morgan fingerprint density at radius 3 is 2.65 bits per heavy atom. The summed E-state index contributed by atoms with van der Waals surface area (Å²) in [4.78, 5) is 7.23. The van der Waals surface area contributed by atoms with Crippen molar-refractivity contribution in [1.29, 1.82) is 0 Å². The molecule has 2 aromatic carbocycles. The van der Waals surface area contributed by atoms with Crippen molar-refractivity contribution >= 4 is 27.5 Å². The first kappa shape index (κ1) is 15.2. The molecule has 0 spiro atoms. The molecule has 0 amide bonds. The number of ether oxygens (including phenoxy) is 1. The molecule has 2 N–H and O–H groups in total. The molecule has 0 radical (unpaired) electrons. The lowest BCUT2D eigenvalue weighted by molar-refractivity contribution is 0.123. The van der Waals surface area contributed by atoms with Crippen molar-refractivity contribution in [3.05, 3.63) is 48.7 Å². The van der Waals surface area contributed by atoms with Crippen LogP contribution in [-0.2, 0) is 4.74 Å². The van der Waals surface area contributed by atoms with E-state index in [0.29, 0.717) is 0 Å². The van der Waals surface area contributed by atoms with E-state index in [1.165, 1.54) is 0 Å². The highest BCUT2D eigenvalue weighted by molar-refractivity contribution is 6.12. The second-order valence-electron chi connectivity index (χ2n) is 6.46. The molecule has 5 rings (SSSR count). The number of benzene rings is 2. The first-order valence-corrected chi connectivity index (χ1v) is 8.68. The third-order valence-electron chi connectivity index (χ3n) is 4.89. The molecule has 26 heavy (non-hydrogen) atoms. The molecule has 6 nitrogen and oxygen atoms in total. The number of H-pyrrole nitrogens is 1. The number of hydrogen-bond donors (Lipinski definition) is 2. The zero-order chi connectivity index (χ0) is 17.5. The summed E-state index contributed by atoms with van der Waals surface area (Å²) in [6, 6.07) is 13.3. The zero-order valence-corrected chi connectivity index (χ0v) is 14.1. The van der Waals surface area contributed by atoms with Gasteiger partial charge in [-0.05, 0) is 42.5 Å². The number of anilines is 1. The maximum atomic E-state index is 9.58. The summed E-state index contributed by atoms with van der Waals surface area (Å²) in [6.45, 7) is 3.14. The summed E-state index contributed by atoms with van der Waals surface area (Å²) in [5.74, 6) is 0.253. The van der Waals surface area contributed by atoms with Crippen LogP contribution in [0.2, 0.25) is 0 Å². The molecule has 4 aromatic rings. The van der Waals surface area contributed by atoms with Crippen LogP contribution in [0.1, 0.15) is 0 Å². The van der Waals surface area contributed by atoms with Crippen LogP contribution in [0.25, 0.3) is 33.1 Å². The van der Waals surface area contributed by atoms with Crippen molar-refractivity contribution in [3.63, 3.8) is 0 Å². The monoisotopic (exact) mass is 346 g/mol. The van der Waals surface area contributed by atoms with Gasteiger partial charge in [0.25, 0.3) is 0 Å². The van der Waals surface area contributed by atoms with Crippen molar-refractivity contribution < 1.29 is 9.84 Å². The number of pyridine rings is 1. The molecular weight excluding hydrogens is 328 g/mol. The number of morpholine rings is 1. The van der Waals surface area contributed by atoms with Gasteiger partial charge in [-0.2, -0.15) is 5.10 Å². The smallest absolute Gasteiger partial charge is 0.115 e. The number of phenols is 1. The van der Waals surface area contributed by atoms with Gasteiger partial charge in [0.15, 0.2) is 0 Å². The summed E-state index contributed by atoms with van der Waals surface area (Å²) < 4.78 is 5.53. The Hall–Kier alpha value is -3.12. The molecule has 0 unspecified atom stereocenters. The van der Waals surface area contributed by atoms with E-state index in [9.17, 15) is 5.11 Å². The lowest BCUT2D eigenvalue weighted by Gasteiger charge is -2.30. The van der Waals surface area contributed by atoms with Crippen molar-refractivity contribution in [3.8, 4) is 17.0 Å². The number of hydrogen-bond acceptors (Lipinski definition) is 5. The van der Waals surface area contributed by atoms with Gasteiger partial charge in [-0.1, -0.05) is 0 Å². The van der Waals surface area contributed by atoms with Crippen LogP contribution < -0.4 is 4.90 Å². The Bertz CT molecular complexity index is 1080. The maximum absolute atomic E-state index is 9.58. The molecule has 1 fully saturated rings. The highest BCUT2D eigenvalue weighted by Crippen LogP contribution is 2.35. The number of aromatic amines is 1. The van der Waals surface area contributed by atoms with E-state index in [0.717, 1.165) is 65.1 Å². The topological polar surface area (TPSA) is 74.3 Å². The van der Waals surface area contributed by atoms with Gasteiger partial charge in [-0.15, -0.1) is 0 Å². The van der Waals surface area contributed by atoms with Crippen LogP contribution in [0.3, 0.4) is 0 Å². The van der Waals surface area contributed by atoms with Crippen LogP contribution in [0.5, 0.6) is 5.75 Å². The molecule has 130 valence electrons. The highest BCUT2D eigenvalue weighted by atomic mass is 16.5. The number of nitrogens with zero attached hydrogens (tertiary/aromatic N) is 3. The SMILES string of the molecule is Oc1ccc(-c2cc(N3CCOCC3)c3c(ccc4[nH]ncc43)n2)cc1. The maximum Gasteiger partial charge on any atom is 0.115 e. The van der Waals surface area contributed by atoms with E-state index < -0.39 is 0 Å². The summed E-state index contributed by atoms with van der Waals surface area (Å²) in [7, 11) is 0. The Morgan fingerprint density at radius 2 is 1.85 bits per heavy atom. The molecule has 6 heteroatoms. The van der Waals surface area contributed by atoms with Crippen molar-refractivity contribution in [2.75, 3.05) is 31.2 Å². The molecule has 3 heterocycles. The third-order valence-corrected chi connectivity index (χ3v) is 4.89. The Balaban J connectivity index is 1.78. The van der Waals surface area contributed by atoms with E-state index >= 15 is 0 Å². The first-order chi connectivity index (χ1) is 12.8. The minimum atomic E-state index is 0.253. The summed E-state index contributed by atoms with van der Waals surface area (Å²) in [6.07, 6.45) is 1.86. The van der Waals surface area contributed by atoms with Gasteiger partial charge in [0.2, 0.25) is 0 Å². The molecule has 0 atom stereocenters. The second kappa shape index (κ2) is 6.00. The predicted molar refractivity (Wildman–Crippen MR) is 102 cm³/mol. The fourth-order valence-electron chi connectivity index (χ4n) is 3.57. The number of nitrogens with one attached hydrogen (secondary N) is 1. The average molecular weight is 346 g/mol. The first-order valence-electron chi connectivity index (χ1n) is 8.68. The standard InChI is InChI=1S/C20H18N4O2/c25-14-3-1-13(2-4-14)18-11-19(24-7-9-26-10-8-24)20-15-12-21-23-16(15)5-6-17(20)22-18/h1-6,11-12,25H,7-10H2,(H,21,23). The third kappa shape index (κ3) is 2.46. The largest absolute Gasteiger partial charge is 0.508 e. The minimum Gasteiger partial charge on any atom is -0.508 e. The summed E-state index contributed by atoms with van der Waals surface area (Å²) in [5, 5.41) is 19.0. The Kier molecular flexibility index (Phi) is 3.50. The molecule has 0 aliphatic carbocycles. The quantitative estimate of drug-likeness (QED) is 0.582. The van der Waals surface area contributed by atoms with Gasteiger partial charge in [0, 0.05) is 35.1 Å². The van der Waals surface area contributed by atoms with Crippen LogP contribution in [0, 0.1) is 0 Å². The molecule has 0 bridgehead atoms. The Labute approximate surface area is 150 Å². The van der Waals surface area contributed by atoms with Gasteiger partial charge in [0.1, 0.15) is 5.75 Å². The van der Waals surface area contributed by atoms with Crippen LogP contribution in [-0.4, -0.2) is 46.6 Å². The lowest BCUT2D eigenvalue weighted by Crippen LogP contribution is -2.36. The van der Waals surface area contributed by atoms with E-state index in [1.807, 2.05) is 30.5 Å². The van der Waals surface area contributed by atoms with Crippen molar-refractivity contribution in [1.82, 2.24) is 15.2 Å². The summed E-state index contributed by atoms with van der Waals surface area (Å²) in [5.41, 5.74) is 4.96. The van der Waals surface area contributed by atoms with Gasteiger partial charge in [-0.25, -0.2) is 4.98 Å². The predicted octanol–water partition coefficient (Wildman–Crippen LogP) is 3.32. The number of fused-ring (bicyclic) bond motifs is 3. The number of aromatic hydroxyl groups is 1. The molecule has 1 saturated heterocycles. The molecule has 1 aliphatic rings. The average Bonchev–Trinajstić information content (AvgIpc) is 3.17. The number of aromatic nitrogens is 3. The van der Waals surface area contributed by atoms with Gasteiger partial charge < -0.3 is 14.7 Å². The van der Waals surface area contributed by atoms with Crippen LogP contribution in [0.4, 0.5) is 5.69 Å². The molecule has 2 aromatic heterocycles. The number of phenolic OH excluding ortho intramolecular Hbond substituents is 1. The minimum absolute atomic E-state index is 0.253. The van der Waals surface area contributed by atoms with Crippen LogP contribution in [0.15, 0.2) is 48.7 Å². The number of rotatable bonds is 2. The zero-order valence-electron chi connectivity index (χ0n) is 14.1. The normalized spacial score (nSPS) is 15.0. The van der Waals surface area contributed by atoms with E-state index in [4.69, 9.17) is 9.72 Å². The van der Waals surface area contributed by atoms with Crippen LogP contribution >= 0.6 is 0 Å². The van der Waals surface area contributed by atoms with Gasteiger partial charge >= 0.3 is 0 Å². The van der Waals surface area contributed by atoms with E-state index in [2.05, 4.69) is 21.2 Å². The second-order valence-corrected chi connectivity index (χ2v) is 6.46. The molecular formula is C20H18N4O2.